The molecular formula is C18H25F2NO4. The molecule has 0 radical (unpaired) electrons. The standard InChI is InChI=1S/C18H25F2NO4/c19-13-4-3-5-14(16(13)20)25-12-18(24)11-21(9-6-15(18)22)10-17(23)7-1-2-8-17/h3-5,15,22-24H,1-2,6-12H2/t15-,18-/m0/s1. The fourth-order valence-corrected chi connectivity index (χ4v) is 3.83. The first kappa shape index (κ1) is 18.5. The molecule has 5 nitrogen and oxygen atoms in total. The Labute approximate surface area is 145 Å². The SMILES string of the molecule is O[C@H]1CCN(CC2(O)CCCC2)C[C@]1(O)COc1cccc(F)c1F. The van der Waals surface area contributed by atoms with Crippen molar-refractivity contribution in [3.8, 4) is 5.75 Å². The van der Waals surface area contributed by atoms with Crippen molar-refractivity contribution in [2.45, 2.75) is 49.4 Å². The van der Waals surface area contributed by atoms with E-state index in [4.69, 9.17) is 4.74 Å². The summed E-state index contributed by atoms with van der Waals surface area (Å²) in [5.41, 5.74) is -2.36. The minimum Gasteiger partial charge on any atom is -0.487 e. The van der Waals surface area contributed by atoms with Crippen molar-refractivity contribution in [3.63, 3.8) is 0 Å². The number of aliphatic hydroxyl groups excluding tert-OH is 1. The average Bonchev–Trinajstić information content (AvgIpc) is 2.99. The molecule has 0 aromatic heterocycles. The Morgan fingerprint density at radius 2 is 1.92 bits per heavy atom. The van der Waals surface area contributed by atoms with E-state index in [-0.39, 0.29) is 18.9 Å². The number of halogens is 2. The summed E-state index contributed by atoms with van der Waals surface area (Å²) in [6, 6.07) is 3.57. The molecule has 0 amide bonds. The molecule has 0 bridgehead atoms. The van der Waals surface area contributed by atoms with Crippen molar-refractivity contribution in [1.82, 2.24) is 4.90 Å². The zero-order chi connectivity index (χ0) is 18.1. The van der Waals surface area contributed by atoms with Crippen LogP contribution in [-0.2, 0) is 0 Å². The van der Waals surface area contributed by atoms with Gasteiger partial charge in [-0.2, -0.15) is 4.39 Å². The van der Waals surface area contributed by atoms with Gasteiger partial charge in [-0.3, -0.25) is 4.90 Å². The fourth-order valence-electron chi connectivity index (χ4n) is 3.83. The van der Waals surface area contributed by atoms with Gasteiger partial charge in [0, 0.05) is 19.6 Å². The van der Waals surface area contributed by atoms with Gasteiger partial charge in [0.2, 0.25) is 5.82 Å². The summed E-state index contributed by atoms with van der Waals surface area (Å²) < 4.78 is 32.2. The first-order valence-corrected chi connectivity index (χ1v) is 8.73. The lowest BCUT2D eigenvalue weighted by Crippen LogP contribution is -2.61. The third-order valence-electron chi connectivity index (χ3n) is 5.28. The largest absolute Gasteiger partial charge is 0.487 e. The molecule has 1 saturated heterocycles. The van der Waals surface area contributed by atoms with Crippen molar-refractivity contribution in [1.29, 1.82) is 0 Å². The highest BCUT2D eigenvalue weighted by Gasteiger charge is 2.44. The minimum absolute atomic E-state index is 0.105. The van der Waals surface area contributed by atoms with Crippen LogP contribution in [0.1, 0.15) is 32.1 Å². The molecular weight excluding hydrogens is 332 g/mol. The number of piperidine rings is 1. The maximum absolute atomic E-state index is 13.7. The number of hydrogen-bond acceptors (Lipinski definition) is 5. The Bertz CT molecular complexity index is 609. The van der Waals surface area contributed by atoms with Crippen LogP contribution in [0.2, 0.25) is 0 Å². The molecule has 1 saturated carbocycles. The normalized spacial score (nSPS) is 29.7. The number of hydrogen-bond donors (Lipinski definition) is 3. The van der Waals surface area contributed by atoms with Crippen molar-refractivity contribution in [2.75, 3.05) is 26.2 Å². The molecule has 1 aromatic carbocycles. The van der Waals surface area contributed by atoms with Gasteiger partial charge < -0.3 is 20.1 Å². The van der Waals surface area contributed by atoms with Crippen molar-refractivity contribution in [3.05, 3.63) is 29.8 Å². The molecule has 1 aliphatic carbocycles. The first-order valence-electron chi connectivity index (χ1n) is 8.73. The highest BCUT2D eigenvalue weighted by atomic mass is 19.2. The van der Waals surface area contributed by atoms with E-state index >= 15 is 0 Å². The number of rotatable bonds is 5. The summed E-state index contributed by atoms with van der Waals surface area (Å²) in [4.78, 5) is 1.91. The lowest BCUT2D eigenvalue weighted by molar-refractivity contribution is -0.147. The topological polar surface area (TPSA) is 73.2 Å². The van der Waals surface area contributed by atoms with E-state index in [2.05, 4.69) is 0 Å². The van der Waals surface area contributed by atoms with Gasteiger partial charge in [-0.05, 0) is 31.4 Å². The van der Waals surface area contributed by atoms with Crippen LogP contribution in [0, 0.1) is 11.6 Å². The molecule has 140 valence electrons. The number of ether oxygens (including phenoxy) is 1. The first-order chi connectivity index (χ1) is 11.8. The van der Waals surface area contributed by atoms with E-state index in [0.29, 0.717) is 19.5 Å². The second kappa shape index (κ2) is 7.15. The molecule has 1 aromatic rings. The molecule has 2 aliphatic rings. The Morgan fingerprint density at radius 1 is 1.20 bits per heavy atom. The Morgan fingerprint density at radius 3 is 2.64 bits per heavy atom. The van der Waals surface area contributed by atoms with Crippen molar-refractivity contribution >= 4 is 0 Å². The van der Waals surface area contributed by atoms with E-state index < -0.39 is 28.9 Å². The number of likely N-dealkylation sites (tertiary alicyclic amines) is 1. The number of aliphatic hydroxyl groups is 3. The fraction of sp³-hybridized carbons (Fsp3) is 0.667. The van der Waals surface area contributed by atoms with Gasteiger partial charge in [0.15, 0.2) is 11.6 Å². The van der Waals surface area contributed by atoms with Crippen LogP contribution < -0.4 is 4.74 Å². The second-order valence-electron chi connectivity index (χ2n) is 7.39. The summed E-state index contributed by atoms with van der Waals surface area (Å²) in [5, 5.41) is 31.5. The van der Waals surface area contributed by atoms with Gasteiger partial charge in [0.1, 0.15) is 12.2 Å². The maximum atomic E-state index is 13.7. The van der Waals surface area contributed by atoms with E-state index in [1.807, 2.05) is 4.90 Å². The Hall–Kier alpha value is -1.28. The zero-order valence-corrected chi connectivity index (χ0v) is 14.1. The lowest BCUT2D eigenvalue weighted by atomic mass is 9.89. The van der Waals surface area contributed by atoms with E-state index in [9.17, 15) is 24.1 Å². The monoisotopic (exact) mass is 357 g/mol. The van der Waals surface area contributed by atoms with Gasteiger partial charge in [-0.25, -0.2) is 4.39 Å². The maximum Gasteiger partial charge on any atom is 0.200 e. The molecule has 1 heterocycles. The number of β-amino-alcohol motifs (C(OH)–C–C–N with tert-alkyl or cyclic N) is 2. The Balaban J connectivity index is 1.64. The molecule has 3 N–H and O–H groups in total. The molecule has 1 aliphatic heterocycles. The van der Waals surface area contributed by atoms with Gasteiger partial charge in [-0.15, -0.1) is 0 Å². The summed E-state index contributed by atoms with van der Waals surface area (Å²) in [7, 11) is 0. The van der Waals surface area contributed by atoms with E-state index in [0.717, 1.165) is 31.7 Å². The predicted molar refractivity (Wildman–Crippen MR) is 87.3 cm³/mol. The van der Waals surface area contributed by atoms with Gasteiger partial charge in [0.05, 0.1) is 11.7 Å². The van der Waals surface area contributed by atoms with Crippen molar-refractivity contribution in [2.24, 2.45) is 0 Å². The molecule has 7 heteroatoms. The van der Waals surface area contributed by atoms with Crippen LogP contribution in [0.15, 0.2) is 18.2 Å². The Kier molecular flexibility index (Phi) is 5.29. The van der Waals surface area contributed by atoms with Crippen LogP contribution in [0.4, 0.5) is 8.78 Å². The van der Waals surface area contributed by atoms with Gasteiger partial charge in [0.25, 0.3) is 0 Å². The third kappa shape index (κ3) is 4.11. The van der Waals surface area contributed by atoms with Crippen LogP contribution >= 0.6 is 0 Å². The zero-order valence-electron chi connectivity index (χ0n) is 14.1. The van der Waals surface area contributed by atoms with E-state index in [1.54, 1.807) is 0 Å². The van der Waals surface area contributed by atoms with Gasteiger partial charge >= 0.3 is 0 Å². The lowest BCUT2D eigenvalue weighted by Gasteiger charge is -2.44. The number of benzene rings is 1. The highest BCUT2D eigenvalue weighted by Crippen LogP contribution is 2.32. The third-order valence-corrected chi connectivity index (χ3v) is 5.28. The van der Waals surface area contributed by atoms with Crippen LogP contribution in [0.3, 0.4) is 0 Å². The quantitative estimate of drug-likeness (QED) is 0.744. The smallest absolute Gasteiger partial charge is 0.200 e. The minimum atomic E-state index is -1.61. The molecule has 2 fully saturated rings. The van der Waals surface area contributed by atoms with Crippen molar-refractivity contribution < 1.29 is 28.8 Å². The van der Waals surface area contributed by atoms with E-state index in [1.165, 1.54) is 12.1 Å². The van der Waals surface area contributed by atoms with Gasteiger partial charge in [-0.1, -0.05) is 18.9 Å². The summed E-state index contributed by atoms with van der Waals surface area (Å²) in [6.45, 7) is 0.730. The molecule has 2 atom stereocenters. The van der Waals surface area contributed by atoms with Crippen LogP contribution in [0.25, 0.3) is 0 Å². The average molecular weight is 357 g/mol. The summed E-state index contributed by atoms with van der Waals surface area (Å²) in [6.07, 6.45) is 2.73. The molecule has 0 spiro atoms. The second-order valence-corrected chi connectivity index (χ2v) is 7.39. The molecule has 3 rings (SSSR count). The highest BCUT2D eigenvalue weighted by molar-refractivity contribution is 5.25. The molecule has 25 heavy (non-hydrogen) atoms. The van der Waals surface area contributed by atoms with Crippen LogP contribution in [0.5, 0.6) is 5.75 Å². The number of nitrogens with zero attached hydrogens (tertiary/aromatic N) is 1. The molecule has 0 unspecified atom stereocenters. The predicted octanol–water partition coefficient (Wildman–Crippen LogP) is 1.45. The summed E-state index contributed by atoms with van der Waals surface area (Å²) >= 11 is 0. The summed E-state index contributed by atoms with van der Waals surface area (Å²) in [5.74, 6) is -2.44. The van der Waals surface area contributed by atoms with Crippen LogP contribution in [-0.4, -0.2) is 63.8 Å².